The minimum Gasteiger partial charge on any atom is -0.373 e. The summed E-state index contributed by atoms with van der Waals surface area (Å²) in [6.07, 6.45) is 6.20. The van der Waals surface area contributed by atoms with Crippen molar-refractivity contribution in [2.75, 3.05) is 0 Å². The predicted molar refractivity (Wildman–Crippen MR) is 62.4 cm³/mol. The second-order valence-electron chi connectivity index (χ2n) is 4.55. The van der Waals surface area contributed by atoms with Gasteiger partial charge in [0, 0.05) is 24.3 Å². The number of hydrogen-bond donors (Lipinski definition) is 1. The zero-order valence-electron chi connectivity index (χ0n) is 9.03. The lowest BCUT2D eigenvalue weighted by Gasteiger charge is -2.20. The van der Waals surface area contributed by atoms with E-state index in [2.05, 4.69) is 10.3 Å². The smallest absolute Gasteiger partial charge is 0.133 e. The Morgan fingerprint density at radius 3 is 3.12 bits per heavy atom. The third-order valence-electron chi connectivity index (χ3n) is 3.50. The van der Waals surface area contributed by atoms with Crippen LogP contribution in [0.2, 0.25) is 5.15 Å². The van der Waals surface area contributed by atoms with E-state index in [1.165, 1.54) is 12.8 Å². The molecule has 1 aromatic heterocycles. The lowest BCUT2D eigenvalue weighted by molar-refractivity contribution is 0.0973. The summed E-state index contributed by atoms with van der Waals surface area (Å²) in [5.41, 5.74) is 1.06. The minimum absolute atomic E-state index is 0.417. The van der Waals surface area contributed by atoms with E-state index in [0.29, 0.717) is 23.4 Å². The third-order valence-corrected chi connectivity index (χ3v) is 3.84. The first kappa shape index (κ1) is 10.5. The molecule has 2 saturated heterocycles. The van der Waals surface area contributed by atoms with Crippen LogP contribution in [0, 0.1) is 0 Å². The molecule has 2 fully saturated rings. The number of ether oxygens (including phenoxy) is 1. The van der Waals surface area contributed by atoms with Crippen LogP contribution in [-0.4, -0.2) is 23.2 Å². The highest BCUT2D eigenvalue weighted by Gasteiger charge is 2.40. The van der Waals surface area contributed by atoms with Crippen molar-refractivity contribution in [1.82, 2.24) is 10.3 Å². The lowest BCUT2D eigenvalue weighted by atomic mass is 9.95. The van der Waals surface area contributed by atoms with Crippen LogP contribution in [0.4, 0.5) is 0 Å². The standard InChI is InChI=1S/C12H15ClN2O/c13-12-8(2-1-5-14-12)7-15-10-6-9-3-4-11(10)16-9/h1-2,5,9-11,15H,3-4,6-7H2. The zero-order chi connectivity index (χ0) is 11.0. The second-order valence-corrected chi connectivity index (χ2v) is 4.91. The van der Waals surface area contributed by atoms with Gasteiger partial charge in [0.15, 0.2) is 0 Å². The number of rotatable bonds is 3. The second kappa shape index (κ2) is 4.32. The van der Waals surface area contributed by atoms with Crippen LogP contribution in [0.1, 0.15) is 24.8 Å². The van der Waals surface area contributed by atoms with Gasteiger partial charge in [0.25, 0.3) is 0 Å². The molecule has 3 nitrogen and oxygen atoms in total. The van der Waals surface area contributed by atoms with Crippen LogP contribution in [0.15, 0.2) is 18.3 Å². The van der Waals surface area contributed by atoms with Crippen LogP contribution in [0.3, 0.4) is 0 Å². The van der Waals surface area contributed by atoms with Crippen molar-refractivity contribution in [3.8, 4) is 0 Å². The van der Waals surface area contributed by atoms with Gasteiger partial charge < -0.3 is 10.1 Å². The SMILES string of the molecule is Clc1ncccc1CNC1CC2CCC1O2. The van der Waals surface area contributed by atoms with Gasteiger partial charge in [-0.2, -0.15) is 0 Å². The fraction of sp³-hybridized carbons (Fsp3) is 0.583. The summed E-state index contributed by atoms with van der Waals surface area (Å²) in [5.74, 6) is 0. The molecule has 3 unspecified atom stereocenters. The molecular formula is C12H15ClN2O. The molecule has 0 aliphatic carbocycles. The number of halogens is 1. The van der Waals surface area contributed by atoms with Crippen molar-refractivity contribution in [3.05, 3.63) is 29.0 Å². The molecule has 3 heterocycles. The first-order chi connectivity index (χ1) is 7.83. The van der Waals surface area contributed by atoms with Crippen molar-refractivity contribution in [3.63, 3.8) is 0 Å². The summed E-state index contributed by atoms with van der Waals surface area (Å²) in [4.78, 5) is 4.07. The van der Waals surface area contributed by atoms with E-state index in [1.807, 2.05) is 12.1 Å². The van der Waals surface area contributed by atoms with Gasteiger partial charge >= 0.3 is 0 Å². The number of pyridine rings is 1. The molecule has 0 amide bonds. The highest BCUT2D eigenvalue weighted by Crippen LogP contribution is 2.34. The van der Waals surface area contributed by atoms with Gasteiger partial charge in [-0.1, -0.05) is 17.7 Å². The number of nitrogens with one attached hydrogen (secondary N) is 1. The van der Waals surface area contributed by atoms with Crippen molar-refractivity contribution in [1.29, 1.82) is 0 Å². The fourth-order valence-electron chi connectivity index (χ4n) is 2.64. The summed E-state index contributed by atoms with van der Waals surface area (Å²) in [7, 11) is 0. The number of hydrogen-bond acceptors (Lipinski definition) is 3. The van der Waals surface area contributed by atoms with Crippen LogP contribution < -0.4 is 5.32 Å². The van der Waals surface area contributed by atoms with Crippen LogP contribution >= 0.6 is 11.6 Å². The van der Waals surface area contributed by atoms with Gasteiger partial charge in [0.2, 0.25) is 0 Å². The van der Waals surface area contributed by atoms with E-state index in [9.17, 15) is 0 Å². The first-order valence-electron chi connectivity index (χ1n) is 5.81. The van der Waals surface area contributed by atoms with E-state index >= 15 is 0 Å². The maximum Gasteiger partial charge on any atom is 0.133 e. The summed E-state index contributed by atoms with van der Waals surface area (Å²) in [6, 6.07) is 4.42. The Labute approximate surface area is 100 Å². The number of aromatic nitrogens is 1. The van der Waals surface area contributed by atoms with Gasteiger partial charge in [-0.15, -0.1) is 0 Å². The Bertz CT molecular complexity index is 385. The maximum atomic E-state index is 6.01. The molecule has 2 aliphatic rings. The fourth-order valence-corrected chi connectivity index (χ4v) is 2.83. The Hall–Kier alpha value is -0.640. The topological polar surface area (TPSA) is 34.2 Å². The van der Waals surface area contributed by atoms with E-state index in [4.69, 9.17) is 16.3 Å². The molecule has 0 spiro atoms. The molecule has 3 rings (SSSR count). The Balaban J connectivity index is 1.59. The Kier molecular flexibility index (Phi) is 2.84. The molecule has 1 N–H and O–H groups in total. The molecule has 2 aliphatic heterocycles. The summed E-state index contributed by atoms with van der Waals surface area (Å²) >= 11 is 6.01. The lowest BCUT2D eigenvalue weighted by Crippen LogP contribution is -2.37. The van der Waals surface area contributed by atoms with Crippen molar-refractivity contribution in [2.45, 2.75) is 44.1 Å². The number of fused-ring (bicyclic) bond motifs is 2. The normalized spacial score (nSPS) is 32.2. The average molecular weight is 239 g/mol. The molecular weight excluding hydrogens is 224 g/mol. The number of nitrogens with zero attached hydrogens (tertiary/aromatic N) is 1. The first-order valence-corrected chi connectivity index (χ1v) is 6.19. The summed E-state index contributed by atoms with van der Waals surface area (Å²) in [6.45, 7) is 0.782. The molecule has 3 atom stereocenters. The monoisotopic (exact) mass is 238 g/mol. The quantitative estimate of drug-likeness (QED) is 0.820. The third kappa shape index (κ3) is 1.95. The van der Waals surface area contributed by atoms with Crippen LogP contribution in [0.5, 0.6) is 0 Å². The van der Waals surface area contributed by atoms with Crippen LogP contribution in [-0.2, 0) is 11.3 Å². The Morgan fingerprint density at radius 1 is 1.50 bits per heavy atom. The molecule has 1 aromatic rings. The highest BCUT2D eigenvalue weighted by molar-refractivity contribution is 6.30. The van der Waals surface area contributed by atoms with Gasteiger partial charge in [-0.25, -0.2) is 4.98 Å². The predicted octanol–water partition coefficient (Wildman–Crippen LogP) is 2.14. The van der Waals surface area contributed by atoms with E-state index < -0.39 is 0 Å². The summed E-state index contributed by atoms with van der Waals surface area (Å²) in [5, 5.41) is 4.12. The van der Waals surface area contributed by atoms with Crippen LogP contribution in [0.25, 0.3) is 0 Å². The molecule has 2 bridgehead atoms. The van der Waals surface area contributed by atoms with Gasteiger partial charge in [-0.05, 0) is 25.3 Å². The molecule has 4 heteroatoms. The van der Waals surface area contributed by atoms with Crippen molar-refractivity contribution < 1.29 is 4.74 Å². The highest BCUT2D eigenvalue weighted by atomic mass is 35.5. The van der Waals surface area contributed by atoms with Gasteiger partial charge in [-0.3, -0.25) is 0 Å². The van der Waals surface area contributed by atoms with E-state index in [0.717, 1.165) is 18.5 Å². The molecule has 0 aromatic carbocycles. The summed E-state index contributed by atoms with van der Waals surface area (Å²) < 4.78 is 5.79. The molecule has 0 radical (unpaired) electrons. The van der Waals surface area contributed by atoms with Gasteiger partial charge in [0.1, 0.15) is 5.15 Å². The van der Waals surface area contributed by atoms with E-state index in [-0.39, 0.29) is 0 Å². The molecule has 16 heavy (non-hydrogen) atoms. The molecule has 0 saturated carbocycles. The zero-order valence-corrected chi connectivity index (χ0v) is 9.78. The van der Waals surface area contributed by atoms with Crippen molar-refractivity contribution >= 4 is 11.6 Å². The average Bonchev–Trinajstić information content (AvgIpc) is 2.90. The molecule has 86 valence electrons. The van der Waals surface area contributed by atoms with Gasteiger partial charge in [0.05, 0.1) is 12.2 Å². The largest absolute Gasteiger partial charge is 0.373 e. The minimum atomic E-state index is 0.417. The Morgan fingerprint density at radius 2 is 2.44 bits per heavy atom. The van der Waals surface area contributed by atoms with Crippen molar-refractivity contribution in [2.24, 2.45) is 0 Å². The maximum absolute atomic E-state index is 6.01. The van der Waals surface area contributed by atoms with E-state index in [1.54, 1.807) is 6.20 Å².